The quantitative estimate of drug-likeness (QED) is 0.600. The molecule has 29 heavy (non-hydrogen) atoms. The third kappa shape index (κ3) is 5.47. The van der Waals surface area contributed by atoms with Gasteiger partial charge in [-0.3, -0.25) is 4.90 Å². The van der Waals surface area contributed by atoms with Gasteiger partial charge in [-0.15, -0.1) is 23.5 Å². The molecule has 0 spiro atoms. The first-order chi connectivity index (χ1) is 14.0. The van der Waals surface area contributed by atoms with Crippen molar-refractivity contribution in [2.45, 2.75) is 24.6 Å². The summed E-state index contributed by atoms with van der Waals surface area (Å²) in [6, 6.07) is 10.1. The Morgan fingerprint density at radius 1 is 1.00 bits per heavy atom. The number of thioether (sulfide) groups is 2. The van der Waals surface area contributed by atoms with Gasteiger partial charge in [-0.05, 0) is 49.4 Å². The van der Waals surface area contributed by atoms with Crippen molar-refractivity contribution in [2.75, 3.05) is 39.4 Å². The maximum atomic E-state index is 10.6. The molecule has 1 N–H and O–H groups in total. The Bertz CT molecular complexity index is 825. The van der Waals surface area contributed by atoms with Crippen molar-refractivity contribution in [3.63, 3.8) is 0 Å². The van der Waals surface area contributed by atoms with E-state index in [9.17, 15) is 5.11 Å². The fourth-order valence-corrected chi connectivity index (χ4v) is 6.21. The summed E-state index contributed by atoms with van der Waals surface area (Å²) in [5.74, 6) is 4.57. The molecule has 0 saturated carbocycles. The van der Waals surface area contributed by atoms with E-state index in [0.717, 1.165) is 40.7 Å². The number of benzene rings is 2. The fraction of sp³-hybridized carbons (Fsp3) is 0.455. The summed E-state index contributed by atoms with van der Waals surface area (Å²) in [5.41, 5.74) is 3.21. The van der Waals surface area contributed by atoms with Gasteiger partial charge in [-0.1, -0.05) is 6.07 Å². The lowest BCUT2D eigenvalue weighted by molar-refractivity contribution is 0.301. The fourth-order valence-electron chi connectivity index (χ4n) is 3.40. The number of rotatable bonds is 9. The smallest absolute Gasteiger partial charge is 0.162 e. The summed E-state index contributed by atoms with van der Waals surface area (Å²) in [5, 5.41) is 10.6. The summed E-state index contributed by atoms with van der Waals surface area (Å²) >= 11 is 3.89. The van der Waals surface area contributed by atoms with Crippen molar-refractivity contribution in [3.05, 3.63) is 47.0 Å². The van der Waals surface area contributed by atoms with Gasteiger partial charge >= 0.3 is 0 Å². The predicted octanol–water partition coefficient (Wildman–Crippen LogP) is 4.92. The lowest BCUT2D eigenvalue weighted by Crippen LogP contribution is -2.17. The number of hydrogen-bond acceptors (Lipinski definition) is 7. The highest BCUT2D eigenvalue weighted by atomic mass is 32.2. The van der Waals surface area contributed by atoms with Crippen LogP contribution in [-0.4, -0.2) is 49.4 Å². The van der Waals surface area contributed by atoms with Crippen LogP contribution in [0.25, 0.3) is 0 Å². The van der Waals surface area contributed by atoms with Crippen LogP contribution in [0.3, 0.4) is 0 Å². The molecule has 1 aliphatic heterocycles. The molecule has 1 fully saturated rings. The van der Waals surface area contributed by atoms with E-state index in [0.29, 0.717) is 23.5 Å². The largest absolute Gasteiger partial charge is 0.504 e. The number of ether oxygens (including phenoxy) is 3. The van der Waals surface area contributed by atoms with E-state index < -0.39 is 0 Å². The van der Waals surface area contributed by atoms with Crippen LogP contribution in [-0.2, 0) is 13.1 Å². The summed E-state index contributed by atoms with van der Waals surface area (Å²) in [6.07, 6.45) is 0. The van der Waals surface area contributed by atoms with Crippen LogP contribution in [0.15, 0.2) is 30.3 Å². The molecule has 0 atom stereocenters. The van der Waals surface area contributed by atoms with Crippen LogP contribution < -0.4 is 14.2 Å². The molecule has 0 bridgehead atoms. The molecule has 0 aromatic heterocycles. The number of phenolic OH excluding ortho intramolecular Hbond substituents is 1. The molecule has 0 radical (unpaired) electrons. The highest BCUT2D eigenvalue weighted by Gasteiger charge is 2.22. The van der Waals surface area contributed by atoms with Crippen molar-refractivity contribution in [2.24, 2.45) is 0 Å². The molecule has 3 rings (SSSR count). The Hall–Kier alpha value is -1.70. The molecular weight excluding hydrogens is 406 g/mol. The second-order valence-corrected chi connectivity index (χ2v) is 9.62. The molecule has 158 valence electrons. The van der Waals surface area contributed by atoms with Gasteiger partial charge in [0.15, 0.2) is 23.0 Å². The van der Waals surface area contributed by atoms with E-state index in [1.165, 1.54) is 5.56 Å². The van der Waals surface area contributed by atoms with Crippen LogP contribution in [0.1, 0.15) is 28.2 Å². The number of aromatic hydroxyl groups is 1. The zero-order valence-electron chi connectivity index (χ0n) is 17.4. The molecule has 0 amide bonds. The monoisotopic (exact) mass is 435 g/mol. The number of nitrogens with zero attached hydrogens (tertiary/aromatic N) is 1. The minimum atomic E-state index is 0.223. The van der Waals surface area contributed by atoms with Gasteiger partial charge in [0.2, 0.25) is 0 Å². The van der Waals surface area contributed by atoms with Crippen molar-refractivity contribution >= 4 is 23.5 Å². The number of methoxy groups -OCH3 is 2. The number of phenols is 1. The lowest BCUT2D eigenvalue weighted by Gasteiger charge is -2.21. The summed E-state index contributed by atoms with van der Waals surface area (Å²) in [6.45, 7) is 3.90. The second-order valence-electron chi connectivity index (χ2n) is 6.89. The van der Waals surface area contributed by atoms with Crippen LogP contribution in [0.4, 0.5) is 0 Å². The Morgan fingerprint density at radius 2 is 1.72 bits per heavy atom. The highest BCUT2D eigenvalue weighted by molar-refractivity contribution is 8.19. The average molecular weight is 436 g/mol. The maximum Gasteiger partial charge on any atom is 0.162 e. The first-order valence-corrected chi connectivity index (χ1v) is 11.8. The predicted molar refractivity (Wildman–Crippen MR) is 122 cm³/mol. The first kappa shape index (κ1) is 22.0. The number of hydrogen-bond donors (Lipinski definition) is 1. The minimum absolute atomic E-state index is 0.223. The van der Waals surface area contributed by atoms with Crippen molar-refractivity contribution < 1.29 is 19.3 Å². The molecule has 5 nitrogen and oxygen atoms in total. The van der Waals surface area contributed by atoms with E-state index >= 15 is 0 Å². The highest BCUT2D eigenvalue weighted by Crippen LogP contribution is 2.47. The van der Waals surface area contributed by atoms with E-state index in [1.54, 1.807) is 14.2 Å². The van der Waals surface area contributed by atoms with Crippen LogP contribution in [0.2, 0.25) is 0 Å². The van der Waals surface area contributed by atoms with Gasteiger partial charge < -0.3 is 19.3 Å². The molecule has 2 aromatic rings. The summed E-state index contributed by atoms with van der Waals surface area (Å²) in [4.78, 5) is 2.17. The molecule has 0 aliphatic carbocycles. The standard InChI is InChI=1S/C22H29NO4S2/c1-5-27-18-7-6-15(10-19(18)25-3)13-23(2)14-17-11-16(22-28-8-9-29-22)12-20(26-4)21(17)24/h6-7,10-12,22,24H,5,8-9,13-14H2,1-4H3. The summed E-state index contributed by atoms with van der Waals surface area (Å²) in [7, 11) is 5.30. The Balaban J connectivity index is 1.76. The molecule has 1 aliphatic rings. The van der Waals surface area contributed by atoms with Crippen molar-refractivity contribution in [3.8, 4) is 23.0 Å². The SMILES string of the molecule is CCOc1ccc(CN(C)Cc2cc(C3SCCS3)cc(OC)c2O)cc1OC. The van der Waals surface area contributed by atoms with Gasteiger partial charge in [-0.25, -0.2) is 0 Å². The topological polar surface area (TPSA) is 51.2 Å². The van der Waals surface area contributed by atoms with Gasteiger partial charge in [0.05, 0.1) is 25.4 Å². The van der Waals surface area contributed by atoms with E-state index in [-0.39, 0.29) is 5.75 Å². The lowest BCUT2D eigenvalue weighted by atomic mass is 10.1. The van der Waals surface area contributed by atoms with Crippen LogP contribution >= 0.6 is 23.5 Å². The first-order valence-electron chi connectivity index (χ1n) is 9.67. The third-order valence-corrected chi connectivity index (χ3v) is 7.82. The van der Waals surface area contributed by atoms with Gasteiger partial charge in [0, 0.05) is 30.2 Å². The van der Waals surface area contributed by atoms with E-state index in [4.69, 9.17) is 14.2 Å². The van der Waals surface area contributed by atoms with Crippen molar-refractivity contribution in [1.29, 1.82) is 0 Å². The molecule has 1 heterocycles. The Labute approximate surface area is 181 Å². The molecule has 1 saturated heterocycles. The van der Waals surface area contributed by atoms with Crippen molar-refractivity contribution in [1.82, 2.24) is 4.90 Å². The van der Waals surface area contributed by atoms with Gasteiger partial charge in [0.25, 0.3) is 0 Å². The molecule has 0 unspecified atom stereocenters. The van der Waals surface area contributed by atoms with Gasteiger partial charge in [0.1, 0.15) is 0 Å². The van der Waals surface area contributed by atoms with E-state index in [1.807, 2.05) is 61.8 Å². The minimum Gasteiger partial charge on any atom is -0.504 e. The normalized spacial score (nSPS) is 14.4. The van der Waals surface area contributed by atoms with Crippen LogP contribution in [0, 0.1) is 0 Å². The average Bonchev–Trinajstić information content (AvgIpc) is 3.25. The maximum absolute atomic E-state index is 10.6. The zero-order valence-corrected chi connectivity index (χ0v) is 19.1. The Kier molecular flexibility index (Phi) is 7.86. The molecule has 7 heteroatoms. The third-order valence-electron chi connectivity index (χ3n) is 4.71. The molecule has 2 aromatic carbocycles. The molecular formula is C22H29NO4S2. The van der Waals surface area contributed by atoms with E-state index in [2.05, 4.69) is 11.0 Å². The zero-order chi connectivity index (χ0) is 20.8. The van der Waals surface area contributed by atoms with Gasteiger partial charge in [-0.2, -0.15) is 0 Å². The van der Waals surface area contributed by atoms with Crippen LogP contribution in [0.5, 0.6) is 23.0 Å². The summed E-state index contributed by atoms with van der Waals surface area (Å²) < 4.78 is 16.9. The second kappa shape index (κ2) is 10.4. The Morgan fingerprint density at radius 3 is 2.38 bits per heavy atom.